The van der Waals surface area contributed by atoms with Gasteiger partial charge < -0.3 is 10.1 Å². The molecule has 1 unspecified atom stereocenters. The number of nitrogens with one attached hydrogen (secondary N) is 1. The second-order valence-corrected chi connectivity index (χ2v) is 8.27. The maximum absolute atomic E-state index is 6.49. The molecule has 2 aliphatic carbocycles. The molecule has 0 radical (unpaired) electrons. The quantitative estimate of drug-likeness (QED) is 0.763. The highest BCUT2D eigenvalue weighted by atomic mass is 35.5. The van der Waals surface area contributed by atoms with Crippen molar-refractivity contribution in [3.05, 3.63) is 0 Å². The summed E-state index contributed by atoms with van der Waals surface area (Å²) in [5.41, 5.74) is 0.430. The average Bonchev–Trinajstić information content (AvgIpc) is 2.91. The molecule has 1 N–H and O–H groups in total. The summed E-state index contributed by atoms with van der Waals surface area (Å²) < 4.78 is 6.49. The van der Waals surface area contributed by atoms with E-state index in [1.807, 2.05) is 0 Å². The molecule has 1 aliphatic heterocycles. The summed E-state index contributed by atoms with van der Waals surface area (Å²) in [6, 6.07) is 0. The standard InChI is InChI=1S/C18H32ClNO/c1-15-5-10-17(14-19,11-6-15)20-13-16-7-12-18(21-16)8-3-2-4-9-18/h15-16,20H,2-14H2,1H3. The van der Waals surface area contributed by atoms with E-state index in [0.29, 0.717) is 6.10 Å². The summed E-state index contributed by atoms with van der Waals surface area (Å²) in [5, 5.41) is 3.81. The Kier molecular flexibility index (Phi) is 5.18. The van der Waals surface area contributed by atoms with Crippen LogP contribution in [-0.4, -0.2) is 29.7 Å². The molecular formula is C18H32ClNO. The van der Waals surface area contributed by atoms with Gasteiger partial charge in [0.1, 0.15) is 0 Å². The van der Waals surface area contributed by atoms with Gasteiger partial charge in [-0.1, -0.05) is 26.2 Å². The summed E-state index contributed by atoms with van der Waals surface area (Å²) in [5.74, 6) is 1.62. The van der Waals surface area contributed by atoms with Crippen LogP contribution in [0, 0.1) is 5.92 Å². The minimum absolute atomic E-state index is 0.180. The molecule has 0 bridgehead atoms. The zero-order valence-electron chi connectivity index (χ0n) is 13.6. The van der Waals surface area contributed by atoms with Crippen LogP contribution in [0.3, 0.4) is 0 Å². The molecule has 21 heavy (non-hydrogen) atoms. The van der Waals surface area contributed by atoms with Gasteiger partial charge >= 0.3 is 0 Å². The van der Waals surface area contributed by atoms with Crippen molar-refractivity contribution in [2.24, 2.45) is 5.92 Å². The maximum Gasteiger partial charge on any atom is 0.0708 e. The van der Waals surface area contributed by atoms with Gasteiger partial charge in [-0.2, -0.15) is 0 Å². The highest BCUT2D eigenvalue weighted by Crippen LogP contribution is 2.42. The summed E-state index contributed by atoms with van der Waals surface area (Å²) in [7, 11) is 0. The van der Waals surface area contributed by atoms with Crippen molar-refractivity contribution in [3.63, 3.8) is 0 Å². The topological polar surface area (TPSA) is 21.3 Å². The molecule has 3 rings (SSSR count). The molecule has 1 atom stereocenters. The molecule has 0 aromatic heterocycles. The molecule has 1 heterocycles. The molecule has 3 fully saturated rings. The van der Waals surface area contributed by atoms with Crippen LogP contribution in [0.25, 0.3) is 0 Å². The van der Waals surface area contributed by atoms with Crippen molar-refractivity contribution in [2.45, 2.75) is 94.8 Å². The fraction of sp³-hybridized carbons (Fsp3) is 1.00. The van der Waals surface area contributed by atoms with E-state index >= 15 is 0 Å². The second-order valence-electron chi connectivity index (χ2n) is 8.00. The van der Waals surface area contributed by atoms with Gasteiger partial charge in [-0.05, 0) is 57.3 Å². The lowest BCUT2D eigenvalue weighted by molar-refractivity contribution is -0.0645. The molecule has 2 saturated carbocycles. The van der Waals surface area contributed by atoms with Gasteiger partial charge in [-0.3, -0.25) is 0 Å². The number of ether oxygens (including phenoxy) is 1. The number of rotatable bonds is 4. The first kappa shape index (κ1) is 16.1. The predicted octanol–water partition coefficient (Wildman–Crippen LogP) is 4.65. The molecular weight excluding hydrogens is 282 g/mol. The van der Waals surface area contributed by atoms with E-state index in [4.69, 9.17) is 16.3 Å². The molecule has 0 aromatic rings. The molecule has 0 amide bonds. The predicted molar refractivity (Wildman–Crippen MR) is 89.0 cm³/mol. The lowest BCUT2D eigenvalue weighted by Crippen LogP contribution is -2.52. The minimum atomic E-state index is 0.180. The van der Waals surface area contributed by atoms with Gasteiger partial charge in [0.05, 0.1) is 11.7 Å². The van der Waals surface area contributed by atoms with E-state index < -0.39 is 0 Å². The van der Waals surface area contributed by atoms with E-state index in [9.17, 15) is 0 Å². The average molecular weight is 314 g/mol. The van der Waals surface area contributed by atoms with Crippen LogP contribution >= 0.6 is 11.6 Å². The number of halogens is 1. The third-order valence-corrected chi connectivity index (χ3v) is 6.81. The number of alkyl halides is 1. The van der Waals surface area contributed by atoms with Crippen LogP contribution in [0.1, 0.15) is 77.6 Å². The SMILES string of the molecule is CC1CCC(CCl)(NCC2CCC3(CCCCC3)O2)CC1. The van der Waals surface area contributed by atoms with Gasteiger partial charge in [-0.15, -0.1) is 11.6 Å². The van der Waals surface area contributed by atoms with Crippen molar-refractivity contribution in [1.82, 2.24) is 5.32 Å². The van der Waals surface area contributed by atoms with Crippen LogP contribution in [0.5, 0.6) is 0 Å². The fourth-order valence-electron chi connectivity index (χ4n) is 4.61. The molecule has 3 aliphatic rings. The fourth-order valence-corrected chi connectivity index (χ4v) is 4.97. The Balaban J connectivity index is 1.48. The Morgan fingerprint density at radius 3 is 2.38 bits per heavy atom. The Labute approximate surface area is 135 Å². The van der Waals surface area contributed by atoms with Crippen LogP contribution in [0.2, 0.25) is 0 Å². The van der Waals surface area contributed by atoms with Gasteiger partial charge in [0.25, 0.3) is 0 Å². The van der Waals surface area contributed by atoms with Crippen LogP contribution in [0.15, 0.2) is 0 Å². The van der Waals surface area contributed by atoms with Crippen molar-refractivity contribution in [3.8, 4) is 0 Å². The normalized spacial score (nSPS) is 39.7. The van der Waals surface area contributed by atoms with E-state index in [1.54, 1.807) is 0 Å². The van der Waals surface area contributed by atoms with Crippen LogP contribution in [0.4, 0.5) is 0 Å². The Bertz CT molecular complexity index is 332. The van der Waals surface area contributed by atoms with E-state index in [-0.39, 0.29) is 11.1 Å². The summed E-state index contributed by atoms with van der Waals surface area (Å²) in [6.45, 7) is 3.37. The maximum atomic E-state index is 6.49. The van der Waals surface area contributed by atoms with E-state index in [1.165, 1.54) is 70.6 Å². The molecule has 122 valence electrons. The summed E-state index contributed by atoms with van der Waals surface area (Å²) in [4.78, 5) is 0. The van der Waals surface area contributed by atoms with Crippen molar-refractivity contribution < 1.29 is 4.74 Å². The molecule has 1 spiro atoms. The number of hydrogen-bond donors (Lipinski definition) is 1. The highest BCUT2D eigenvalue weighted by molar-refractivity contribution is 6.18. The third-order valence-electron chi connectivity index (χ3n) is 6.30. The van der Waals surface area contributed by atoms with E-state index in [0.717, 1.165) is 18.3 Å². The van der Waals surface area contributed by atoms with Crippen LogP contribution < -0.4 is 5.32 Å². The van der Waals surface area contributed by atoms with Gasteiger partial charge in [0, 0.05) is 18.0 Å². The smallest absolute Gasteiger partial charge is 0.0708 e. The zero-order chi connectivity index (χ0) is 14.8. The first-order valence-corrected chi connectivity index (χ1v) is 9.68. The molecule has 0 aromatic carbocycles. The van der Waals surface area contributed by atoms with Crippen LogP contribution in [-0.2, 0) is 4.74 Å². The monoisotopic (exact) mass is 313 g/mol. The summed E-state index contributed by atoms with van der Waals surface area (Å²) in [6.07, 6.45) is 14.8. The third kappa shape index (κ3) is 3.76. The Morgan fingerprint density at radius 1 is 1.00 bits per heavy atom. The first-order valence-electron chi connectivity index (χ1n) is 9.14. The molecule has 2 nitrogen and oxygen atoms in total. The minimum Gasteiger partial charge on any atom is -0.370 e. The summed E-state index contributed by atoms with van der Waals surface area (Å²) >= 11 is 6.31. The van der Waals surface area contributed by atoms with Gasteiger partial charge in [0.2, 0.25) is 0 Å². The Morgan fingerprint density at radius 2 is 1.71 bits per heavy atom. The zero-order valence-corrected chi connectivity index (χ0v) is 14.4. The second kappa shape index (κ2) is 6.76. The number of hydrogen-bond acceptors (Lipinski definition) is 2. The van der Waals surface area contributed by atoms with Crippen molar-refractivity contribution >= 4 is 11.6 Å². The molecule has 1 saturated heterocycles. The molecule has 3 heteroatoms. The lowest BCUT2D eigenvalue weighted by Gasteiger charge is -2.40. The van der Waals surface area contributed by atoms with Crippen molar-refractivity contribution in [2.75, 3.05) is 12.4 Å². The van der Waals surface area contributed by atoms with Crippen molar-refractivity contribution in [1.29, 1.82) is 0 Å². The first-order chi connectivity index (χ1) is 10.2. The van der Waals surface area contributed by atoms with E-state index in [2.05, 4.69) is 12.2 Å². The highest BCUT2D eigenvalue weighted by Gasteiger charge is 2.41. The Hall–Kier alpha value is 0.210. The largest absolute Gasteiger partial charge is 0.370 e. The van der Waals surface area contributed by atoms with Gasteiger partial charge in [-0.25, -0.2) is 0 Å². The lowest BCUT2D eigenvalue weighted by atomic mass is 9.78. The van der Waals surface area contributed by atoms with Gasteiger partial charge in [0.15, 0.2) is 0 Å².